The first-order valence-electron chi connectivity index (χ1n) is 6.56. The average Bonchev–Trinajstić information content (AvgIpc) is 2.51. The van der Waals surface area contributed by atoms with E-state index >= 15 is 0 Å². The highest BCUT2D eigenvalue weighted by molar-refractivity contribution is 9.10. The molecule has 1 aliphatic rings. The summed E-state index contributed by atoms with van der Waals surface area (Å²) in [6.45, 7) is 0. The number of rotatable bonds is 2. The lowest BCUT2D eigenvalue weighted by Crippen LogP contribution is -2.22. The highest BCUT2D eigenvalue weighted by Crippen LogP contribution is 2.34. The molecule has 23 heavy (non-hydrogen) atoms. The largest absolute Gasteiger partial charge is 0.280 e. The van der Waals surface area contributed by atoms with Crippen molar-refractivity contribution in [2.24, 2.45) is 0 Å². The van der Waals surface area contributed by atoms with E-state index in [-0.39, 0.29) is 10.7 Å². The molecule has 0 aromatic carbocycles. The van der Waals surface area contributed by atoms with Crippen molar-refractivity contribution in [3.05, 3.63) is 43.4 Å². The Morgan fingerprint density at radius 1 is 1.39 bits per heavy atom. The van der Waals surface area contributed by atoms with E-state index in [1.807, 2.05) is 6.08 Å². The van der Waals surface area contributed by atoms with Crippen LogP contribution in [0.4, 0.5) is 0 Å². The summed E-state index contributed by atoms with van der Waals surface area (Å²) in [5, 5.41) is 1.42. The lowest BCUT2D eigenvalue weighted by atomic mass is 10.1. The smallest absolute Gasteiger partial charge is 0.266 e. The number of hydrogen-bond acceptors (Lipinski definition) is 4. The van der Waals surface area contributed by atoms with Crippen LogP contribution in [0.3, 0.4) is 0 Å². The maximum atomic E-state index is 12.8. The Morgan fingerprint density at radius 3 is 2.78 bits per heavy atom. The molecule has 0 fully saturated rings. The fourth-order valence-electron chi connectivity index (χ4n) is 2.29. The first-order valence-corrected chi connectivity index (χ1v) is 9.67. The second-order valence-corrected chi connectivity index (χ2v) is 7.86. The zero-order chi connectivity index (χ0) is 16.7. The Labute approximate surface area is 152 Å². The summed E-state index contributed by atoms with van der Waals surface area (Å²) in [4.78, 5) is 20.9. The normalized spacial score (nSPS) is 16.6. The van der Waals surface area contributed by atoms with Crippen LogP contribution in [-0.4, -0.2) is 25.0 Å². The molecule has 0 aliphatic heterocycles. The fourth-order valence-corrected chi connectivity index (χ4v) is 3.88. The minimum Gasteiger partial charge on any atom is -0.280 e. The molecule has 1 unspecified atom stereocenters. The highest BCUT2D eigenvalue weighted by Gasteiger charge is 2.19. The van der Waals surface area contributed by atoms with Crippen molar-refractivity contribution in [2.45, 2.75) is 18.0 Å². The zero-order valence-corrected chi connectivity index (χ0v) is 15.8. The van der Waals surface area contributed by atoms with E-state index in [9.17, 15) is 9.00 Å². The fraction of sp³-hybridized carbons (Fsp3) is 0.214. The van der Waals surface area contributed by atoms with E-state index in [0.717, 1.165) is 6.42 Å². The van der Waals surface area contributed by atoms with Gasteiger partial charge in [-0.25, -0.2) is 9.97 Å². The van der Waals surface area contributed by atoms with Crippen molar-refractivity contribution >= 4 is 66.5 Å². The first kappa shape index (κ1) is 16.8. The predicted molar refractivity (Wildman–Crippen MR) is 96.1 cm³/mol. The molecule has 0 saturated carbocycles. The molecule has 0 amide bonds. The lowest BCUT2D eigenvalue weighted by Gasteiger charge is -2.17. The number of aromatic nitrogens is 3. The van der Waals surface area contributed by atoms with Gasteiger partial charge in [0.25, 0.3) is 5.56 Å². The summed E-state index contributed by atoms with van der Waals surface area (Å²) >= 11 is 15.9. The van der Waals surface area contributed by atoms with Crippen LogP contribution in [0.15, 0.2) is 43.0 Å². The van der Waals surface area contributed by atoms with Crippen molar-refractivity contribution < 1.29 is 4.21 Å². The standard InChI is InChI=1S/C14H10BrCl2N3O2S/c1-23(22)14-18-5-7-11(19-14)8(15)6-20(13(7)21)12-9(16)3-2-4-10(12)17/h3,5-6H,2,4H2,1H3. The number of allylic oxidation sites excluding steroid dienone is 4. The van der Waals surface area contributed by atoms with Crippen LogP contribution in [0.5, 0.6) is 0 Å². The van der Waals surface area contributed by atoms with Crippen molar-refractivity contribution in [3.8, 4) is 0 Å². The van der Waals surface area contributed by atoms with Gasteiger partial charge in [0.1, 0.15) is 0 Å². The number of pyridine rings is 1. The van der Waals surface area contributed by atoms with E-state index < -0.39 is 10.8 Å². The Bertz CT molecular complexity index is 968. The summed E-state index contributed by atoms with van der Waals surface area (Å²) in [5.74, 6) is 0. The number of fused-ring (bicyclic) bond motifs is 1. The minimum absolute atomic E-state index is 0.170. The Balaban J connectivity index is 2.32. The molecule has 5 nitrogen and oxygen atoms in total. The second-order valence-electron chi connectivity index (χ2n) is 4.87. The number of halogens is 3. The molecule has 2 aromatic heterocycles. The molecule has 0 bridgehead atoms. The molecule has 0 saturated heterocycles. The third-order valence-corrected chi connectivity index (χ3v) is 5.35. The molecule has 120 valence electrons. The van der Waals surface area contributed by atoms with Gasteiger partial charge < -0.3 is 0 Å². The highest BCUT2D eigenvalue weighted by atomic mass is 79.9. The number of hydrogen-bond donors (Lipinski definition) is 0. The van der Waals surface area contributed by atoms with Gasteiger partial charge in [0.15, 0.2) is 0 Å². The molecule has 3 rings (SSSR count). The molecule has 1 atom stereocenters. The molecule has 0 radical (unpaired) electrons. The molecular formula is C14H10BrCl2N3O2S. The van der Waals surface area contributed by atoms with Gasteiger partial charge in [0.05, 0.1) is 36.9 Å². The summed E-state index contributed by atoms with van der Waals surface area (Å²) in [6, 6.07) is 0. The maximum absolute atomic E-state index is 12.8. The lowest BCUT2D eigenvalue weighted by molar-refractivity contribution is 0.680. The van der Waals surface area contributed by atoms with Gasteiger partial charge in [-0.2, -0.15) is 0 Å². The van der Waals surface area contributed by atoms with Crippen LogP contribution in [0, 0.1) is 0 Å². The SMILES string of the molecule is CS(=O)c1ncc2c(=O)n(C3=C(Cl)CCC=C3Cl)cc(Br)c2n1. The molecule has 2 aromatic rings. The van der Waals surface area contributed by atoms with E-state index in [1.165, 1.54) is 17.0 Å². The molecular weight excluding hydrogens is 425 g/mol. The summed E-state index contributed by atoms with van der Waals surface area (Å²) in [5.41, 5.74) is 0.535. The Hall–Kier alpha value is -1.02. The van der Waals surface area contributed by atoms with Gasteiger partial charge in [0.2, 0.25) is 5.16 Å². The first-order chi connectivity index (χ1) is 10.9. The zero-order valence-electron chi connectivity index (χ0n) is 11.8. The van der Waals surface area contributed by atoms with Crippen molar-refractivity contribution in [1.82, 2.24) is 14.5 Å². The van der Waals surface area contributed by atoms with Crippen LogP contribution >= 0.6 is 39.1 Å². The van der Waals surface area contributed by atoms with E-state index in [2.05, 4.69) is 25.9 Å². The summed E-state index contributed by atoms with van der Waals surface area (Å²) in [6.07, 6.45) is 7.61. The second kappa shape index (κ2) is 6.47. The summed E-state index contributed by atoms with van der Waals surface area (Å²) < 4.78 is 13.5. The van der Waals surface area contributed by atoms with Crippen LogP contribution in [-0.2, 0) is 10.8 Å². The van der Waals surface area contributed by atoms with Gasteiger partial charge >= 0.3 is 0 Å². The van der Waals surface area contributed by atoms with Gasteiger partial charge in [-0.3, -0.25) is 13.6 Å². The summed E-state index contributed by atoms with van der Waals surface area (Å²) in [7, 11) is -1.33. The van der Waals surface area contributed by atoms with E-state index in [1.54, 1.807) is 6.20 Å². The van der Waals surface area contributed by atoms with Crippen molar-refractivity contribution in [3.63, 3.8) is 0 Å². The van der Waals surface area contributed by atoms with E-state index in [0.29, 0.717) is 37.6 Å². The predicted octanol–water partition coefficient (Wildman–Crippen LogP) is 3.62. The molecule has 0 spiro atoms. The quantitative estimate of drug-likeness (QED) is 0.677. The third kappa shape index (κ3) is 3.03. The Kier molecular flexibility index (Phi) is 4.73. The minimum atomic E-state index is -1.33. The molecule has 2 heterocycles. The molecule has 0 N–H and O–H groups in total. The van der Waals surface area contributed by atoms with Crippen LogP contribution in [0.1, 0.15) is 12.8 Å². The van der Waals surface area contributed by atoms with Crippen molar-refractivity contribution in [2.75, 3.05) is 6.26 Å². The van der Waals surface area contributed by atoms with Crippen LogP contribution in [0.25, 0.3) is 16.6 Å². The monoisotopic (exact) mass is 433 g/mol. The van der Waals surface area contributed by atoms with Gasteiger partial charge in [0, 0.05) is 23.7 Å². The average molecular weight is 435 g/mol. The van der Waals surface area contributed by atoms with Crippen LogP contribution < -0.4 is 5.56 Å². The molecule has 1 aliphatic carbocycles. The topological polar surface area (TPSA) is 64.8 Å². The van der Waals surface area contributed by atoms with Crippen LogP contribution in [0.2, 0.25) is 0 Å². The van der Waals surface area contributed by atoms with Gasteiger partial charge in [-0.15, -0.1) is 0 Å². The van der Waals surface area contributed by atoms with Gasteiger partial charge in [-0.1, -0.05) is 29.3 Å². The van der Waals surface area contributed by atoms with Crippen molar-refractivity contribution in [1.29, 1.82) is 0 Å². The molecule has 9 heteroatoms. The third-order valence-electron chi connectivity index (χ3n) is 3.35. The Morgan fingerprint density at radius 2 is 2.13 bits per heavy atom. The van der Waals surface area contributed by atoms with E-state index in [4.69, 9.17) is 23.2 Å². The van der Waals surface area contributed by atoms with Gasteiger partial charge in [-0.05, 0) is 28.8 Å². The maximum Gasteiger partial charge on any atom is 0.266 e. The number of nitrogens with zero attached hydrogens (tertiary/aromatic N) is 3.